The van der Waals surface area contributed by atoms with Gasteiger partial charge in [-0.15, -0.1) is 0 Å². The summed E-state index contributed by atoms with van der Waals surface area (Å²) in [4.78, 5) is 41.4. The van der Waals surface area contributed by atoms with Crippen molar-refractivity contribution in [3.05, 3.63) is 57.8 Å². The average molecular weight is 580 g/mol. The lowest BCUT2D eigenvalue weighted by Gasteiger charge is -2.20. The number of aliphatic hydroxyl groups excluding tert-OH is 1. The molecule has 0 saturated carbocycles. The fraction of sp³-hybridized carbons (Fsp3) is 0.333. The molecular formula is C24H27BrFN5O6. The number of anilines is 1. The Kier molecular flexibility index (Phi) is 9.80. The van der Waals surface area contributed by atoms with Crippen LogP contribution in [0.1, 0.15) is 35.3 Å². The molecule has 1 aliphatic heterocycles. The predicted molar refractivity (Wildman–Crippen MR) is 137 cm³/mol. The topological polar surface area (TPSA) is 161 Å². The van der Waals surface area contributed by atoms with Crippen molar-refractivity contribution in [3.63, 3.8) is 0 Å². The standard InChI is InChI=1S/C24H27BrFN5O6/c1-2-37-22(35)9-20(13-3-15(25)7-16(26)4-13)31-21(34)12-27-23(36)14-5-17(8-18(32)6-14)30-24-28-10-19(33)11-29-24/h3-8,19-20,32-33H,2,9-12H2,1H3,(H,27,36)(H,31,34)(H2,28,29,30). The molecule has 13 heteroatoms. The third kappa shape index (κ3) is 8.72. The Morgan fingerprint density at radius 2 is 2.03 bits per heavy atom. The highest BCUT2D eigenvalue weighted by atomic mass is 79.9. The molecule has 11 nitrogen and oxygen atoms in total. The highest BCUT2D eigenvalue weighted by Gasteiger charge is 2.21. The molecule has 0 aliphatic carbocycles. The Hall–Kier alpha value is -3.71. The summed E-state index contributed by atoms with van der Waals surface area (Å²) in [5, 5.41) is 30.4. The number of hydrogen-bond acceptors (Lipinski definition) is 9. The van der Waals surface area contributed by atoms with E-state index in [0.717, 1.165) is 0 Å². The summed E-state index contributed by atoms with van der Waals surface area (Å²) in [6.45, 7) is 1.86. The molecule has 6 N–H and O–H groups in total. The van der Waals surface area contributed by atoms with Gasteiger partial charge in [0.2, 0.25) is 5.91 Å². The SMILES string of the molecule is CCOC(=O)CC(NC(=O)CNC(=O)c1cc(O)cc(NC2=NCC(O)CN2)c1)c1cc(F)cc(Br)c1. The highest BCUT2D eigenvalue weighted by Crippen LogP contribution is 2.23. The number of aliphatic hydroxyl groups is 1. The van der Waals surface area contributed by atoms with Gasteiger partial charge in [-0.3, -0.25) is 19.4 Å². The van der Waals surface area contributed by atoms with Crippen LogP contribution in [0.5, 0.6) is 5.75 Å². The maximum absolute atomic E-state index is 13.9. The van der Waals surface area contributed by atoms with Gasteiger partial charge < -0.3 is 36.2 Å². The number of guanidine groups is 1. The van der Waals surface area contributed by atoms with Crippen LogP contribution >= 0.6 is 15.9 Å². The number of ether oxygens (including phenoxy) is 1. The summed E-state index contributed by atoms with van der Waals surface area (Å²) >= 11 is 3.19. The summed E-state index contributed by atoms with van der Waals surface area (Å²) < 4.78 is 19.3. The van der Waals surface area contributed by atoms with Gasteiger partial charge in [-0.1, -0.05) is 15.9 Å². The van der Waals surface area contributed by atoms with E-state index in [9.17, 15) is 29.0 Å². The molecule has 0 radical (unpaired) electrons. The number of esters is 1. The molecular weight excluding hydrogens is 553 g/mol. The van der Waals surface area contributed by atoms with E-state index in [2.05, 4.69) is 42.2 Å². The van der Waals surface area contributed by atoms with Gasteiger partial charge in [0.1, 0.15) is 11.6 Å². The van der Waals surface area contributed by atoms with Gasteiger partial charge in [0.05, 0.1) is 38.3 Å². The van der Waals surface area contributed by atoms with Gasteiger partial charge in [-0.2, -0.15) is 0 Å². The van der Waals surface area contributed by atoms with Gasteiger partial charge in [-0.05, 0) is 42.8 Å². The highest BCUT2D eigenvalue weighted by molar-refractivity contribution is 9.10. The van der Waals surface area contributed by atoms with Crippen LogP contribution < -0.4 is 21.3 Å². The Labute approximate surface area is 220 Å². The quantitative estimate of drug-likeness (QED) is 0.244. The number of benzene rings is 2. The van der Waals surface area contributed by atoms with Gasteiger partial charge in [0.25, 0.3) is 5.91 Å². The predicted octanol–water partition coefficient (Wildman–Crippen LogP) is 1.57. The number of halogens is 2. The van der Waals surface area contributed by atoms with Gasteiger partial charge in [-0.25, -0.2) is 4.39 Å². The molecule has 2 aromatic carbocycles. The zero-order valence-corrected chi connectivity index (χ0v) is 21.5. The lowest BCUT2D eigenvalue weighted by atomic mass is 10.0. The maximum atomic E-state index is 13.9. The molecule has 0 fully saturated rings. The zero-order chi connectivity index (χ0) is 26.9. The summed E-state index contributed by atoms with van der Waals surface area (Å²) in [6, 6.07) is 7.18. The first-order valence-corrected chi connectivity index (χ1v) is 12.2. The van der Waals surface area contributed by atoms with E-state index < -0.39 is 42.3 Å². The first-order chi connectivity index (χ1) is 17.6. The van der Waals surface area contributed by atoms with Crippen LogP contribution in [-0.4, -0.2) is 66.3 Å². The molecule has 3 rings (SSSR count). The second-order valence-corrected chi connectivity index (χ2v) is 9.05. The van der Waals surface area contributed by atoms with E-state index in [1.807, 2.05) is 0 Å². The summed E-state index contributed by atoms with van der Waals surface area (Å²) in [5.41, 5.74) is 0.780. The minimum absolute atomic E-state index is 0.0730. The first-order valence-electron chi connectivity index (χ1n) is 11.4. The van der Waals surface area contributed by atoms with Crippen molar-refractivity contribution in [1.82, 2.24) is 16.0 Å². The number of carbonyl (C=O) groups excluding carboxylic acids is 3. The van der Waals surface area contributed by atoms with Crippen molar-refractivity contribution in [2.75, 3.05) is 31.6 Å². The molecule has 0 aromatic heterocycles. The molecule has 0 spiro atoms. The number of rotatable bonds is 9. The van der Waals surface area contributed by atoms with Gasteiger partial charge >= 0.3 is 5.97 Å². The molecule has 0 bridgehead atoms. The van der Waals surface area contributed by atoms with Crippen molar-refractivity contribution >= 4 is 45.4 Å². The van der Waals surface area contributed by atoms with E-state index in [0.29, 0.717) is 28.2 Å². The molecule has 2 atom stereocenters. The van der Waals surface area contributed by atoms with E-state index in [1.54, 1.807) is 13.0 Å². The van der Waals surface area contributed by atoms with Crippen molar-refractivity contribution in [3.8, 4) is 5.75 Å². The molecule has 1 aliphatic rings. The second kappa shape index (κ2) is 13.0. The van der Waals surface area contributed by atoms with Crippen LogP contribution in [0.2, 0.25) is 0 Å². The van der Waals surface area contributed by atoms with E-state index in [-0.39, 0.29) is 30.9 Å². The molecule has 2 unspecified atom stereocenters. The van der Waals surface area contributed by atoms with Crippen LogP contribution in [-0.2, 0) is 14.3 Å². The fourth-order valence-electron chi connectivity index (χ4n) is 3.49. The van der Waals surface area contributed by atoms with Crippen LogP contribution in [0.25, 0.3) is 0 Å². The second-order valence-electron chi connectivity index (χ2n) is 8.13. The van der Waals surface area contributed by atoms with Crippen LogP contribution in [0.3, 0.4) is 0 Å². The fourth-order valence-corrected chi connectivity index (χ4v) is 3.97. The molecule has 0 saturated heterocycles. The zero-order valence-electron chi connectivity index (χ0n) is 19.9. The molecule has 37 heavy (non-hydrogen) atoms. The molecule has 1 heterocycles. The number of aromatic hydroxyl groups is 1. The third-order valence-corrected chi connectivity index (χ3v) is 5.57. The monoisotopic (exact) mass is 579 g/mol. The smallest absolute Gasteiger partial charge is 0.308 e. The van der Waals surface area contributed by atoms with Crippen LogP contribution in [0, 0.1) is 5.82 Å². The number of nitrogens with zero attached hydrogens (tertiary/aromatic N) is 1. The summed E-state index contributed by atoms with van der Waals surface area (Å²) in [7, 11) is 0. The summed E-state index contributed by atoms with van der Waals surface area (Å²) in [6.07, 6.45) is -0.832. The average Bonchev–Trinajstić information content (AvgIpc) is 2.83. The van der Waals surface area contributed by atoms with Crippen molar-refractivity contribution in [2.45, 2.75) is 25.5 Å². The Balaban J connectivity index is 1.64. The van der Waals surface area contributed by atoms with Crippen molar-refractivity contribution in [2.24, 2.45) is 4.99 Å². The minimum atomic E-state index is -0.894. The number of amides is 2. The van der Waals surface area contributed by atoms with E-state index >= 15 is 0 Å². The number of phenols is 1. The van der Waals surface area contributed by atoms with Crippen molar-refractivity contribution < 1.29 is 33.7 Å². The lowest BCUT2D eigenvalue weighted by molar-refractivity contribution is -0.143. The Morgan fingerprint density at radius 3 is 2.70 bits per heavy atom. The molecule has 198 valence electrons. The lowest BCUT2D eigenvalue weighted by Crippen LogP contribution is -2.42. The number of hydrogen-bond donors (Lipinski definition) is 6. The van der Waals surface area contributed by atoms with Crippen LogP contribution in [0.15, 0.2) is 45.9 Å². The maximum Gasteiger partial charge on any atom is 0.308 e. The third-order valence-electron chi connectivity index (χ3n) is 5.12. The van der Waals surface area contributed by atoms with Crippen LogP contribution in [0.4, 0.5) is 10.1 Å². The van der Waals surface area contributed by atoms with Gasteiger partial charge in [0.15, 0.2) is 5.96 Å². The molecule has 2 amide bonds. The minimum Gasteiger partial charge on any atom is -0.508 e. The number of phenolic OH excluding ortho intramolecular Hbond substituents is 1. The number of nitrogens with one attached hydrogen (secondary N) is 4. The van der Waals surface area contributed by atoms with E-state index in [1.165, 1.54) is 30.3 Å². The number of carbonyl (C=O) groups is 3. The van der Waals surface area contributed by atoms with Gasteiger partial charge in [0, 0.05) is 28.3 Å². The Morgan fingerprint density at radius 1 is 1.24 bits per heavy atom. The van der Waals surface area contributed by atoms with E-state index in [4.69, 9.17) is 4.74 Å². The number of aliphatic imine (C=N–C) groups is 1. The Bertz CT molecular complexity index is 1170. The first kappa shape index (κ1) is 27.9. The molecule has 2 aromatic rings. The van der Waals surface area contributed by atoms with Crippen molar-refractivity contribution in [1.29, 1.82) is 0 Å². The largest absolute Gasteiger partial charge is 0.508 e. The normalized spacial score (nSPS) is 15.6. The number of β-amino-alcohol motifs (C(OH)–C–C–N with tert-alkyl or cyclic N) is 1. The summed E-state index contributed by atoms with van der Waals surface area (Å²) in [5.74, 6) is -2.22.